The first-order chi connectivity index (χ1) is 8.54. The standard InChI is InChI=1S/C11H17BrN2O2S2.ClH/c12-9-5-6-17-11(9)18(15,16)14-10(7-13)8-3-1-2-4-8;/h5-6,8,10,14H,1-4,7,13H2;1H. The molecule has 110 valence electrons. The van der Waals surface area contributed by atoms with E-state index in [0.29, 0.717) is 21.1 Å². The molecule has 0 aromatic carbocycles. The van der Waals surface area contributed by atoms with E-state index in [1.54, 1.807) is 11.4 Å². The summed E-state index contributed by atoms with van der Waals surface area (Å²) in [5.41, 5.74) is 5.72. The van der Waals surface area contributed by atoms with Crippen molar-refractivity contribution in [2.24, 2.45) is 11.7 Å². The molecule has 1 atom stereocenters. The average Bonchev–Trinajstić information content (AvgIpc) is 2.96. The van der Waals surface area contributed by atoms with Crippen LogP contribution in [0.25, 0.3) is 0 Å². The lowest BCUT2D eigenvalue weighted by Crippen LogP contribution is -2.44. The Morgan fingerprint density at radius 1 is 1.47 bits per heavy atom. The lowest BCUT2D eigenvalue weighted by molar-refractivity contribution is 0.406. The Kier molecular flexibility index (Phi) is 6.75. The third-order valence-corrected chi connectivity index (χ3v) is 7.52. The van der Waals surface area contributed by atoms with Crippen molar-refractivity contribution in [2.45, 2.75) is 35.9 Å². The van der Waals surface area contributed by atoms with Crippen LogP contribution in [0.4, 0.5) is 0 Å². The van der Waals surface area contributed by atoms with Crippen LogP contribution in [0.15, 0.2) is 20.1 Å². The number of rotatable bonds is 5. The minimum absolute atomic E-state index is 0. The summed E-state index contributed by atoms with van der Waals surface area (Å²) in [7, 11) is -3.45. The van der Waals surface area contributed by atoms with Crippen molar-refractivity contribution in [2.75, 3.05) is 6.54 Å². The maximum atomic E-state index is 12.3. The number of nitrogens with one attached hydrogen (secondary N) is 1. The molecular weight excluding hydrogens is 372 g/mol. The van der Waals surface area contributed by atoms with Crippen LogP contribution in [0.5, 0.6) is 0 Å². The maximum Gasteiger partial charge on any atom is 0.251 e. The van der Waals surface area contributed by atoms with Crippen LogP contribution in [0.1, 0.15) is 25.7 Å². The van der Waals surface area contributed by atoms with Gasteiger partial charge in [0.25, 0.3) is 10.0 Å². The highest BCUT2D eigenvalue weighted by Crippen LogP contribution is 2.31. The molecule has 0 bridgehead atoms. The third kappa shape index (κ3) is 4.15. The molecule has 1 aliphatic rings. The minimum atomic E-state index is -3.45. The third-order valence-electron chi connectivity index (χ3n) is 3.36. The fourth-order valence-electron chi connectivity index (χ4n) is 2.42. The molecule has 1 aliphatic carbocycles. The lowest BCUT2D eigenvalue weighted by Gasteiger charge is -2.22. The number of hydrogen-bond acceptors (Lipinski definition) is 4. The van der Waals surface area contributed by atoms with Gasteiger partial charge in [-0.05, 0) is 46.1 Å². The Bertz CT molecular complexity index is 501. The van der Waals surface area contributed by atoms with Gasteiger partial charge in [-0.3, -0.25) is 0 Å². The highest BCUT2D eigenvalue weighted by atomic mass is 79.9. The summed E-state index contributed by atoms with van der Waals surface area (Å²) < 4.78 is 28.2. The smallest absolute Gasteiger partial charge is 0.251 e. The van der Waals surface area contributed by atoms with Crippen molar-refractivity contribution in [1.82, 2.24) is 4.72 Å². The van der Waals surface area contributed by atoms with Crippen LogP contribution < -0.4 is 10.5 Å². The van der Waals surface area contributed by atoms with Crippen LogP contribution in [0.2, 0.25) is 0 Å². The zero-order valence-corrected chi connectivity index (χ0v) is 14.4. The normalized spacial score (nSPS) is 18.2. The lowest BCUT2D eigenvalue weighted by atomic mass is 9.99. The molecule has 19 heavy (non-hydrogen) atoms. The first-order valence-corrected chi connectivity index (χ1v) is 9.15. The van der Waals surface area contributed by atoms with E-state index >= 15 is 0 Å². The van der Waals surface area contributed by atoms with Gasteiger partial charge in [0.15, 0.2) is 0 Å². The van der Waals surface area contributed by atoms with Gasteiger partial charge >= 0.3 is 0 Å². The fraction of sp³-hybridized carbons (Fsp3) is 0.636. The Labute approximate surface area is 132 Å². The van der Waals surface area contributed by atoms with Crippen molar-refractivity contribution in [3.05, 3.63) is 15.9 Å². The number of nitrogens with two attached hydrogens (primary N) is 1. The minimum Gasteiger partial charge on any atom is -0.329 e. The van der Waals surface area contributed by atoms with Gasteiger partial charge in [-0.2, -0.15) is 0 Å². The first-order valence-electron chi connectivity index (χ1n) is 6.00. The molecule has 0 spiro atoms. The number of thiophene rings is 1. The number of hydrogen-bond donors (Lipinski definition) is 2. The predicted octanol–water partition coefficient (Wildman–Crippen LogP) is 2.73. The summed E-state index contributed by atoms with van der Waals surface area (Å²) in [6, 6.07) is 1.60. The van der Waals surface area contributed by atoms with Crippen LogP contribution >= 0.6 is 39.7 Å². The van der Waals surface area contributed by atoms with Crippen molar-refractivity contribution in [1.29, 1.82) is 0 Å². The maximum absolute atomic E-state index is 12.3. The summed E-state index contributed by atoms with van der Waals surface area (Å²) in [6.07, 6.45) is 4.48. The van der Waals surface area contributed by atoms with Crippen molar-refractivity contribution in [3.8, 4) is 0 Å². The fourth-order valence-corrected chi connectivity index (χ4v) is 6.09. The number of sulfonamides is 1. The van der Waals surface area contributed by atoms with Crippen LogP contribution in [-0.2, 0) is 10.0 Å². The molecule has 1 aromatic heterocycles. The molecule has 0 radical (unpaired) electrons. The van der Waals surface area contributed by atoms with Gasteiger partial charge in [-0.25, -0.2) is 13.1 Å². The van der Waals surface area contributed by atoms with E-state index in [-0.39, 0.29) is 18.4 Å². The van der Waals surface area contributed by atoms with E-state index in [1.165, 1.54) is 24.2 Å². The molecule has 3 N–H and O–H groups in total. The second-order valence-electron chi connectivity index (χ2n) is 4.56. The molecule has 8 heteroatoms. The van der Waals surface area contributed by atoms with Gasteiger partial charge in [0.05, 0.1) is 0 Å². The van der Waals surface area contributed by atoms with E-state index in [0.717, 1.165) is 12.8 Å². The highest BCUT2D eigenvalue weighted by molar-refractivity contribution is 9.10. The monoisotopic (exact) mass is 388 g/mol. The van der Waals surface area contributed by atoms with E-state index in [4.69, 9.17) is 5.73 Å². The zero-order valence-electron chi connectivity index (χ0n) is 10.3. The van der Waals surface area contributed by atoms with Gasteiger partial charge in [0, 0.05) is 17.1 Å². The van der Waals surface area contributed by atoms with E-state index in [1.807, 2.05) is 0 Å². The SMILES string of the molecule is Cl.NCC(NS(=O)(=O)c1sccc1Br)C1CCCC1. The molecule has 1 aromatic rings. The molecule has 1 heterocycles. The molecule has 1 fully saturated rings. The summed E-state index contributed by atoms with van der Waals surface area (Å²) in [6.45, 7) is 0.354. The second kappa shape index (κ2) is 7.38. The topological polar surface area (TPSA) is 72.2 Å². The van der Waals surface area contributed by atoms with Gasteiger partial charge < -0.3 is 5.73 Å². The highest BCUT2D eigenvalue weighted by Gasteiger charge is 2.29. The Hall–Kier alpha value is 0.340. The van der Waals surface area contributed by atoms with Crippen molar-refractivity contribution in [3.63, 3.8) is 0 Å². The molecule has 1 saturated carbocycles. The van der Waals surface area contributed by atoms with Gasteiger partial charge in [-0.15, -0.1) is 23.7 Å². The van der Waals surface area contributed by atoms with E-state index < -0.39 is 10.0 Å². The van der Waals surface area contributed by atoms with E-state index in [2.05, 4.69) is 20.7 Å². The Morgan fingerprint density at radius 2 is 2.11 bits per heavy atom. The largest absolute Gasteiger partial charge is 0.329 e. The summed E-state index contributed by atoms with van der Waals surface area (Å²) >= 11 is 4.47. The first kappa shape index (κ1) is 17.4. The van der Waals surface area contributed by atoms with Gasteiger partial charge in [0.2, 0.25) is 0 Å². The quantitative estimate of drug-likeness (QED) is 0.813. The average molecular weight is 390 g/mol. The molecule has 0 aliphatic heterocycles. The molecular formula is C11H18BrClN2O2S2. The van der Waals surface area contributed by atoms with Crippen LogP contribution in [-0.4, -0.2) is 21.0 Å². The molecule has 0 amide bonds. The summed E-state index contributed by atoms with van der Waals surface area (Å²) in [5, 5.41) is 1.76. The van der Waals surface area contributed by atoms with Crippen molar-refractivity contribution < 1.29 is 8.42 Å². The van der Waals surface area contributed by atoms with Gasteiger partial charge in [0.1, 0.15) is 4.21 Å². The molecule has 0 saturated heterocycles. The van der Waals surface area contributed by atoms with Crippen molar-refractivity contribution >= 4 is 49.7 Å². The predicted molar refractivity (Wildman–Crippen MR) is 84.4 cm³/mol. The number of halogens is 2. The molecule has 1 unspecified atom stereocenters. The summed E-state index contributed by atoms with van der Waals surface area (Å²) in [5.74, 6) is 0.378. The molecule has 4 nitrogen and oxygen atoms in total. The molecule has 2 rings (SSSR count). The Morgan fingerprint density at radius 3 is 2.58 bits per heavy atom. The second-order valence-corrected chi connectivity index (χ2v) is 8.24. The van der Waals surface area contributed by atoms with Crippen LogP contribution in [0.3, 0.4) is 0 Å². The van der Waals surface area contributed by atoms with Crippen LogP contribution in [0, 0.1) is 5.92 Å². The van der Waals surface area contributed by atoms with Gasteiger partial charge in [-0.1, -0.05) is 12.8 Å². The summed E-state index contributed by atoms with van der Waals surface area (Å²) in [4.78, 5) is 0. The Balaban J connectivity index is 0.00000180. The zero-order chi connectivity index (χ0) is 13.2. The van der Waals surface area contributed by atoms with E-state index in [9.17, 15) is 8.42 Å².